The molecule has 0 spiro atoms. The van der Waals surface area contributed by atoms with Crippen LogP contribution in [0.15, 0.2) is 0 Å². The molecule has 0 fully saturated rings. The average Bonchev–Trinajstić information content (AvgIpc) is 2.03. The van der Waals surface area contributed by atoms with Gasteiger partial charge in [-0.25, -0.2) is 0 Å². The van der Waals surface area contributed by atoms with E-state index in [4.69, 9.17) is 0 Å². The molecule has 12 heavy (non-hydrogen) atoms. The summed E-state index contributed by atoms with van der Waals surface area (Å²) in [5.74, 6) is -0.334. The van der Waals surface area contributed by atoms with Crippen LogP contribution in [0.1, 0.15) is 27.2 Å². The third-order valence-corrected chi connectivity index (χ3v) is 3.34. The number of hydrogen-bond acceptors (Lipinski definition) is 3. The van der Waals surface area contributed by atoms with Gasteiger partial charge in [0, 0.05) is 16.0 Å². The molecule has 0 saturated heterocycles. The highest BCUT2D eigenvalue weighted by atomic mass is 32.2. The molecule has 0 rings (SSSR count). The Morgan fingerprint density at radius 2 is 2.08 bits per heavy atom. The van der Waals surface area contributed by atoms with E-state index in [2.05, 4.69) is 4.74 Å². The van der Waals surface area contributed by atoms with Crippen LogP contribution < -0.4 is 0 Å². The Morgan fingerprint density at radius 1 is 1.50 bits per heavy atom. The van der Waals surface area contributed by atoms with Gasteiger partial charge in [-0.3, -0.25) is 9.00 Å². The lowest BCUT2D eigenvalue weighted by Crippen LogP contribution is -2.20. The van der Waals surface area contributed by atoms with Gasteiger partial charge in [-0.1, -0.05) is 13.8 Å². The molecule has 0 bridgehead atoms. The van der Waals surface area contributed by atoms with Crippen LogP contribution in [0.4, 0.5) is 0 Å². The minimum absolute atomic E-state index is 0.0306. The minimum Gasteiger partial charge on any atom is -0.465 e. The highest BCUT2D eigenvalue weighted by Crippen LogP contribution is 2.00. The zero-order valence-electron chi connectivity index (χ0n) is 7.83. The van der Waals surface area contributed by atoms with Crippen molar-refractivity contribution in [2.75, 3.05) is 12.4 Å². The summed E-state index contributed by atoms with van der Waals surface area (Å²) in [6, 6.07) is 0. The molecule has 2 atom stereocenters. The Kier molecular flexibility index (Phi) is 5.98. The van der Waals surface area contributed by atoms with Crippen molar-refractivity contribution in [3.8, 4) is 0 Å². The average molecular weight is 192 g/mol. The van der Waals surface area contributed by atoms with Gasteiger partial charge in [0.05, 0.1) is 6.61 Å². The molecule has 0 amide bonds. The molecule has 0 heterocycles. The van der Waals surface area contributed by atoms with E-state index in [0.717, 1.165) is 6.42 Å². The summed E-state index contributed by atoms with van der Waals surface area (Å²) in [6.45, 7) is 5.92. The first kappa shape index (κ1) is 11.6. The Morgan fingerprint density at radius 3 is 2.50 bits per heavy atom. The lowest BCUT2D eigenvalue weighted by molar-refractivity contribution is -0.139. The van der Waals surface area contributed by atoms with Crippen molar-refractivity contribution in [1.29, 1.82) is 0 Å². The molecule has 72 valence electrons. The summed E-state index contributed by atoms with van der Waals surface area (Å²) in [6.07, 6.45) is 0.825. The second-order valence-electron chi connectivity index (χ2n) is 2.55. The fourth-order valence-electron chi connectivity index (χ4n) is 0.647. The number of hydrogen-bond donors (Lipinski definition) is 0. The Labute approximate surface area is 75.9 Å². The predicted molar refractivity (Wildman–Crippen MR) is 49.4 cm³/mol. The Balaban J connectivity index is 3.76. The zero-order valence-corrected chi connectivity index (χ0v) is 8.65. The molecule has 0 N–H and O–H groups in total. The number of ether oxygens (including phenoxy) is 1. The smallest absolute Gasteiger partial charge is 0.318 e. The van der Waals surface area contributed by atoms with Gasteiger partial charge in [0.2, 0.25) is 0 Å². The SMILES string of the molecule is CCOC(=O)CS(=O)C(C)CC. The molecule has 0 aromatic carbocycles. The molecule has 0 radical (unpaired) electrons. The van der Waals surface area contributed by atoms with E-state index in [9.17, 15) is 9.00 Å². The van der Waals surface area contributed by atoms with Gasteiger partial charge in [0.1, 0.15) is 5.75 Å². The molecule has 2 unspecified atom stereocenters. The molecule has 0 aliphatic heterocycles. The Hall–Kier alpha value is -0.380. The Bertz CT molecular complexity index is 168. The summed E-state index contributed by atoms with van der Waals surface area (Å²) in [5.41, 5.74) is 0. The van der Waals surface area contributed by atoms with E-state index in [1.165, 1.54) is 0 Å². The quantitative estimate of drug-likeness (QED) is 0.613. The number of rotatable bonds is 5. The summed E-state index contributed by atoms with van der Waals surface area (Å²) in [4.78, 5) is 10.9. The summed E-state index contributed by atoms with van der Waals surface area (Å²) in [7, 11) is -1.07. The molecule has 0 aliphatic rings. The van der Waals surface area contributed by atoms with Crippen molar-refractivity contribution in [2.24, 2.45) is 0 Å². The maximum atomic E-state index is 11.3. The van der Waals surface area contributed by atoms with E-state index in [-0.39, 0.29) is 17.0 Å². The maximum absolute atomic E-state index is 11.3. The maximum Gasteiger partial charge on any atom is 0.318 e. The first-order valence-corrected chi connectivity index (χ1v) is 5.52. The molecule has 3 nitrogen and oxygen atoms in total. The largest absolute Gasteiger partial charge is 0.465 e. The fraction of sp³-hybridized carbons (Fsp3) is 0.875. The minimum atomic E-state index is -1.07. The number of esters is 1. The molecule has 0 aromatic heterocycles. The van der Waals surface area contributed by atoms with Crippen LogP contribution in [-0.2, 0) is 20.3 Å². The van der Waals surface area contributed by atoms with E-state index in [1.54, 1.807) is 6.92 Å². The summed E-state index contributed by atoms with van der Waals surface area (Å²) >= 11 is 0. The van der Waals surface area contributed by atoms with Crippen LogP contribution in [0.2, 0.25) is 0 Å². The normalized spacial score (nSPS) is 15.2. The first-order chi connectivity index (χ1) is 5.61. The van der Waals surface area contributed by atoms with Crippen LogP contribution in [0.5, 0.6) is 0 Å². The van der Waals surface area contributed by atoms with E-state index >= 15 is 0 Å². The van der Waals surface area contributed by atoms with Crippen molar-refractivity contribution in [3.05, 3.63) is 0 Å². The van der Waals surface area contributed by atoms with Crippen molar-refractivity contribution in [2.45, 2.75) is 32.4 Å². The highest BCUT2D eigenvalue weighted by molar-refractivity contribution is 7.86. The van der Waals surface area contributed by atoms with Crippen LogP contribution in [0, 0.1) is 0 Å². The third kappa shape index (κ3) is 4.49. The van der Waals surface area contributed by atoms with Crippen LogP contribution in [0.25, 0.3) is 0 Å². The number of carbonyl (C=O) groups excluding carboxylic acids is 1. The third-order valence-electron chi connectivity index (χ3n) is 1.59. The van der Waals surface area contributed by atoms with Gasteiger partial charge in [0.15, 0.2) is 0 Å². The number of carbonyl (C=O) groups is 1. The highest BCUT2D eigenvalue weighted by Gasteiger charge is 2.13. The lowest BCUT2D eigenvalue weighted by Gasteiger charge is -2.07. The van der Waals surface area contributed by atoms with Crippen molar-refractivity contribution >= 4 is 16.8 Å². The molecule has 4 heteroatoms. The molecule has 0 aliphatic carbocycles. The van der Waals surface area contributed by atoms with Crippen molar-refractivity contribution < 1.29 is 13.7 Å². The van der Waals surface area contributed by atoms with Gasteiger partial charge < -0.3 is 4.74 Å². The van der Waals surface area contributed by atoms with Crippen LogP contribution in [0.3, 0.4) is 0 Å². The fourth-order valence-corrected chi connectivity index (χ4v) is 1.62. The van der Waals surface area contributed by atoms with Crippen molar-refractivity contribution in [3.63, 3.8) is 0 Å². The van der Waals surface area contributed by atoms with Crippen molar-refractivity contribution in [1.82, 2.24) is 0 Å². The van der Waals surface area contributed by atoms with Gasteiger partial charge >= 0.3 is 5.97 Å². The van der Waals surface area contributed by atoms with E-state index in [1.807, 2.05) is 13.8 Å². The lowest BCUT2D eigenvalue weighted by atomic mass is 10.4. The monoisotopic (exact) mass is 192 g/mol. The van der Waals surface area contributed by atoms with Gasteiger partial charge in [0.25, 0.3) is 0 Å². The predicted octanol–water partition coefficient (Wildman–Crippen LogP) is 1.10. The summed E-state index contributed by atoms with van der Waals surface area (Å²) in [5, 5.41) is 0.0782. The standard InChI is InChI=1S/C8H16O3S/c1-4-7(3)12(10)6-8(9)11-5-2/h7H,4-6H2,1-3H3. The van der Waals surface area contributed by atoms with E-state index in [0.29, 0.717) is 6.61 Å². The molecular weight excluding hydrogens is 176 g/mol. The van der Waals surface area contributed by atoms with Gasteiger partial charge in [-0.2, -0.15) is 0 Å². The van der Waals surface area contributed by atoms with Crippen LogP contribution >= 0.6 is 0 Å². The first-order valence-electron chi connectivity index (χ1n) is 4.14. The van der Waals surface area contributed by atoms with E-state index < -0.39 is 10.8 Å². The van der Waals surface area contributed by atoms with Gasteiger partial charge in [-0.05, 0) is 13.3 Å². The second-order valence-corrected chi connectivity index (χ2v) is 4.40. The van der Waals surface area contributed by atoms with Gasteiger partial charge in [-0.15, -0.1) is 0 Å². The molecular formula is C8H16O3S. The second kappa shape index (κ2) is 6.17. The topological polar surface area (TPSA) is 43.4 Å². The van der Waals surface area contributed by atoms with Crippen LogP contribution in [-0.4, -0.2) is 27.8 Å². The zero-order chi connectivity index (χ0) is 9.56. The summed E-state index contributed by atoms with van der Waals surface area (Å²) < 4.78 is 15.9. The molecule has 0 saturated carbocycles. The molecule has 0 aromatic rings.